The summed E-state index contributed by atoms with van der Waals surface area (Å²) in [6, 6.07) is 0. The number of morpholine rings is 2. The Kier molecular flexibility index (Phi) is 3.84. The van der Waals surface area contributed by atoms with Gasteiger partial charge in [0, 0.05) is 0 Å². The fourth-order valence-electron chi connectivity index (χ4n) is 1.63. The molecule has 2 aliphatic heterocycles. The number of ether oxygens (including phenoxy) is 2. The fourth-order valence-corrected chi connectivity index (χ4v) is 3.00. The van der Waals surface area contributed by atoms with Crippen molar-refractivity contribution in [1.82, 2.24) is 9.34 Å². The maximum atomic E-state index is 12.0. The molecule has 0 radical (unpaired) electrons. The zero-order valence-corrected chi connectivity index (χ0v) is 9.12. The van der Waals surface area contributed by atoms with E-state index in [1.54, 1.807) is 0 Å². The summed E-state index contributed by atoms with van der Waals surface area (Å²) in [5.41, 5.74) is 0. The molecule has 0 unspecified atom stereocenters. The molecule has 0 aromatic rings. The molecule has 2 rings (SSSR count). The van der Waals surface area contributed by atoms with Gasteiger partial charge in [-0.25, -0.2) is 0 Å². The van der Waals surface area contributed by atoms with Gasteiger partial charge in [-0.15, -0.1) is 0 Å². The third kappa shape index (κ3) is 2.49. The van der Waals surface area contributed by atoms with Gasteiger partial charge in [-0.05, 0) is 4.57 Å². The van der Waals surface area contributed by atoms with Gasteiger partial charge < -0.3 is 9.47 Å². The van der Waals surface area contributed by atoms with Crippen molar-refractivity contribution in [3.63, 3.8) is 0 Å². The number of rotatable bonds is 2. The maximum absolute atomic E-state index is 12.0. The first-order valence-electron chi connectivity index (χ1n) is 5.00. The topological polar surface area (TPSA) is 42.0 Å². The average molecular weight is 219 g/mol. The Labute approximate surface area is 84.8 Å². The Morgan fingerprint density at radius 1 is 0.786 bits per heavy atom. The van der Waals surface area contributed by atoms with E-state index in [9.17, 15) is 4.57 Å². The van der Waals surface area contributed by atoms with Crippen LogP contribution in [0.4, 0.5) is 0 Å². The lowest BCUT2D eigenvalue weighted by Crippen LogP contribution is -2.38. The second-order valence-electron chi connectivity index (χ2n) is 3.38. The van der Waals surface area contributed by atoms with Gasteiger partial charge >= 0.3 is 8.10 Å². The molecule has 0 spiro atoms. The van der Waals surface area contributed by atoms with Crippen LogP contribution in [0.5, 0.6) is 0 Å². The van der Waals surface area contributed by atoms with Crippen LogP contribution in [0.25, 0.3) is 0 Å². The molecule has 0 saturated carbocycles. The SMILES string of the molecule is O=[P+](N1CCOCC1)N1CCOCC1. The van der Waals surface area contributed by atoms with E-state index in [1.165, 1.54) is 0 Å². The molecule has 80 valence electrons. The first kappa shape index (κ1) is 10.5. The zero-order valence-electron chi connectivity index (χ0n) is 8.22. The number of hydrogen-bond donors (Lipinski definition) is 0. The van der Waals surface area contributed by atoms with Crippen LogP contribution in [0.15, 0.2) is 0 Å². The van der Waals surface area contributed by atoms with E-state index >= 15 is 0 Å². The van der Waals surface area contributed by atoms with E-state index < -0.39 is 8.10 Å². The van der Waals surface area contributed by atoms with Crippen molar-refractivity contribution >= 4 is 8.10 Å². The van der Waals surface area contributed by atoms with Crippen LogP contribution in [0.3, 0.4) is 0 Å². The third-order valence-corrected chi connectivity index (χ3v) is 4.23. The minimum Gasteiger partial charge on any atom is -0.378 e. The Morgan fingerprint density at radius 3 is 1.50 bits per heavy atom. The molecule has 0 bridgehead atoms. The van der Waals surface area contributed by atoms with Crippen LogP contribution in [0, 0.1) is 0 Å². The summed E-state index contributed by atoms with van der Waals surface area (Å²) in [6.45, 7) is 5.94. The van der Waals surface area contributed by atoms with E-state index in [1.807, 2.05) is 9.34 Å². The average Bonchev–Trinajstić information content (AvgIpc) is 2.30. The third-order valence-electron chi connectivity index (χ3n) is 2.46. The summed E-state index contributed by atoms with van der Waals surface area (Å²) in [6.07, 6.45) is 0. The molecule has 0 aromatic carbocycles. The Morgan fingerprint density at radius 2 is 1.14 bits per heavy atom. The highest BCUT2D eigenvalue weighted by Gasteiger charge is 2.37. The molecule has 2 fully saturated rings. The summed E-state index contributed by atoms with van der Waals surface area (Å²) >= 11 is 0. The summed E-state index contributed by atoms with van der Waals surface area (Å²) in [5.74, 6) is 0. The Bertz CT molecular complexity index is 183. The van der Waals surface area contributed by atoms with Crippen molar-refractivity contribution in [2.75, 3.05) is 52.6 Å². The van der Waals surface area contributed by atoms with Gasteiger partial charge in [-0.3, -0.25) is 0 Å². The molecule has 0 aliphatic carbocycles. The van der Waals surface area contributed by atoms with E-state index in [0.29, 0.717) is 26.4 Å². The molecule has 0 aromatic heterocycles. The molecule has 5 nitrogen and oxygen atoms in total. The molecule has 6 heteroatoms. The van der Waals surface area contributed by atoms with Gasteiger partial charge in [-0.1, -0.05) is 9.34 Å². The fraction of sp³-hybridized carbons (Fsp3) is 1.00. The standard InChI is InChI=1S/C8H16N2O3P/c11-14(9-1-5-12-6-2-9)10-3-7-13-8-4-10/h1-8H2/q+1. The lowest BCUT2D eigenvalue weighted by molar-refractivity contribution is 0.0560. The first-order valence-corrected chi connectivity index (χ1v) is 6.17. The van der Waals surface area contributed by atoms with Gasteiger partial charge in [0.15, 0.2) is 0 Å². The van der Waals surface area contributed by atoms with E-state index in [-0.39, 0.29) is 0 Å². The minimum absolute atomic E-state index is 0.700. The minimum atomic E-state index is -1.36. The summed E-state index contributed by atoms with van der Waals surface area (Å²) in [7, 11) is -1.36. The van der Waals surface area contributed by atoms with Crippen molar-refractivity contribution in [2.24, 2.45) is 0 Å². The van der Waals surface area contributed by atoms with Crippen LogP contribution in [0.2, 0.25) is 0 Å². The monoisotopic (exact) mass is 219 g/mol. The zero-order chi connectivity index (χ0) is 9.80. The largest absolute Gasteiger partial charge is 0.537 e. The molecule has 0 amide bonds. The van der Waals surface area contributed by atoms with Crippen LogP contribution >= 0.6 is 8.10 Å². The van der Waals surface area contributed by atoms with Gasteiger partial charge in [0.25, 0.3) is 0 Å². The van der Waals surface area contributed by atoms with Crippen LogP contribution in [0.1, 0.15) is 0 Å². The normalized spacial score (nSPS) is 26.3. The van der Waals surface area contributed by atoms with Gasteiger partial charge in [-0.2, -0.15) is 0 Å². The molecular weight excluding hydrogens is 203 g/mol. The van der Waals surface area contributed by atoms with Crippen LogP contribution < -0.4 is 0 Å². The molecule has 2 saturated heterocycles. The highest BCUT2D eigenvalue weighted by atomic mass is 31.1. The van der Waals surface area contributed by atoms with Crippen LogP contribution in [-0.4, -0.2) is 61.9 Å². The van der Waals surface area contributed by atoms with Gasteiger partial charge in [0.05, 0.1) is 52.6 Å². The lowest BCUT2D eigenvalue weighted by Gasteiger charge is -2.23. The van der Waals surface area contributed by atoms with Gasteiger partial charge in [0.2, 0.25) is 0 Å². The van der Waals surface area contributed by atoms with E-state index in [2.05, 4.69) is 0 Å². The number of nitrogens with zero attached hydrogens (tertiary/aromatic N) is 2. The molecule has 14 heavy (non-hydrogen) atoms. The molecule has 0 atom stereocenters. The first-order chi connectivity index (χ1) is 6.88. The van der Waals surface area contributed by atoms with Crippen molar-refractivity contribution in [3.05, 3.63) is 0 Å². The Balaban J connectivity index is 1.85. The molecule has 0 N–H and O–H groups in total. The quantitative estimate of drug-likeness (QED) is 0.625. The Hall–Kier alpha value is -0.0600. The second-order valence-corrected chi connectivity index (χ2v) is 5.02. The van der Waals surface area contributed by atoms with Crippen LogP contribution in [-0.2, 0) is 14.0 Å². The van der Waals surface area contributed by atoms with E-state index in [4.69, 9.17) is 9.47 Å². The summed E-state index contributed by atoms with van der Waals surface area (Å²) in [5, 5.41) is 0. The molecule has 2 heterocycles. The van der Waals surface area contributed by atoms with E-state index in [0.717, 1.165) is 26.2 Å². The van der Waals surface area contributed by atoms with Crippen molar-refractivity contribution in [3.8, 4) is 0 Å². The predicted molar refractivity (Wildman–Crippen MR) is 52.4 cm³/mol. The summed E-state index contributed by atoms with van der Waals surface area (Å²) < 4.78 is 26.5. The van der Waals surface area contributed by atoms with Crippen molar-refractivity contribution in [2.45, 2.75) is 0 Å². The van der Waals surface area contributed by atoms with Crippen molar-refractivity contribution in [1.29, 1.82) is 0 Å². The van der Waals surface area contributed by atoms with Crippen molar-refractivity contribution < 1.29 is 14.0 Å². The number of hydrogen-bond acceptors (Lipinski definition) is 3. The smallest absolute Gasteiger partial charge is 0.378 e. The second kappa shape index (κ2) is 5.14. The summed E-state index contributed by atoms with van der Waals surface area (Å²) in [4.78, 5) is 0. The highest BCUT2D eigenvalue weighted by molar-refractivity contribution is 7.39. The highest BCUT2D eigenvalue weighted by Crippen LogP contribution is 2.32. The molecular formula is C8H16N2O3P+. The molecule has 2 aliphatic rings. The van der Waals surface area contributed by atoms with Gasteiger partial charge in [0.1, 0.15) is 0 Å². The maximum Gasteiger partial charge on any atom is 0.537 e. The predicted octanol–water partition coefficient (Wildman–Crippen LogP) is 0.308. The lowest BCUT2D eigenvalue weighted by atomic mass is 10.5.